The first-order chi connectivity index (χ1) is 12.2. The fourth-order valence-electron chi connectivity index (χ4n) is 4.88. The van der Waals surface area contributed by atoms with E-state index in [0.717, 1.165) is 37.4 Å². The molecule has 4 aliphatic rings. The monoisotopic (exact) mass is 359 g/mol. The average molecular weight is 359 g/mol. The summed E-state index contributed by atoms with van der Waals surface area (Å²) in [7, 11) is 0. The maximum Gasteiger partial charge on any atom is 0.231 e. The summed E-state index contributed by atoms with van der Waals surface area (Å²) in [4.78, 5) is 34.7. The molecule has 5 rings (SSSR count). The molecule has 25 heavy (non-hydrogen) atoms. The number of aromatic nitrogens is 1. The predicted octanol–water partition coefficient (Wildman–Crippen LogP) is 2.50. The fraction of sp³-hybridized carbons (Fsp3) is 0.737. The zero-order valence-electron chi connectivity index (χ0n) is 14.5. The third kappa shape index (κ3) is 2.52. The molecule has 3 heterocycles. The van der Waals surface area contributed by atoms with Crippen LogP contribution in [0.5, 0.6) is 0 Å². The van der Waals surface area contributed by atoms with Gasteiger partial charge in [-0.05, 0) is 38.0 Å². The molecule has 2 amide bonds. The van der Waals surface area contributed by atoms with E-state index in [-0.39, 0.29) is 23.7 Å². The Hall–Kier alpha value is -1.43. The highest BCUT2D eigenvalue weighted by Crippen LogP contribution is 2.51. The van der Waals surface area contributed by atoms with Crippen LogP contribution < -0.4 is 0 Å². The lowest BCUT2D eigenvalue weighted by molar-refractivity contribution is -0.137. The van der Waals surface area contributed by atoms with Gasteiger partial charge in [-0.25, -0.2) is 4.98 Å². The number of carbonyl (C=O) groups excluding carboxylic acids is 2. The Bertz CT molecular complexity index is 683. The number of likely N-dealkylation sites (tertiary alicyclic amines) is 2. The molecule has 5 nitrogen and oxygen atoms in total. The van der Waals surface area contributed by atoms with Gasteiger partial charge in [-0.3, -0.25) is 9.59 Å². The van der Waals surface area contributed by atoms with Gasteiger partial charge in [-0.15, -0.1) is 11.3 Å². The summed E-state index contributed by atoms with van der Waals surface area (Å²) in [6.07, 6.45) is 8.57. The molecule has 0 N–H and O–H groups in total. The number of hydrogen-bond acceptors (Lipinski definition) is 4. The van der Waals surface area contributed by atoms with Gasteiger partial charge in [0.2, 0.25) is 11.8 Å². The second kappa shape index (κ2) is 5.79. The smallest absolute Gasteiger partial charge is 0.231 e. The van der Waals surface area contributed by atoms with E-state index < -0.39 is 5.41 Å². The average Bonchev–Trinajstić information content (AvgIpc) is 3.02. The summed E-state index contributed by atoms with van der Waals surface area (Å²) in [5, 5.41) is 3.02. The van der Waals surface area contributed by atoms with E-state index >= 15 is 0 Å². The summed E-state index contributed by atoms with van der Waals surface area (Å²) in [6.45, 7) is 3.04. The normalized spacial score (nSPS) is 32.6. The molecule has 2 atom stereocenters. The summed E-state index contributed by atoms with van der Waals surface area (Å²) in [5.74, 6) is 1.54. The zero-order valence-corrected chi connectivity index (χ0v) is 15.3. The Morgan fingerprint density at radius 1 is 1.32 bits per heavy atom. The maximum absolute atomic E-state index is 13.4. The van der Waals surface area contributed by atoms with Gasteiger partial charge in [0.1, 0.15) is 0 Å². The van der Waals surface area contributed by atoms with Gasteiger partial charge in [0, 0.05) is 49.6 Å². The first-order valence-corrected chi connectivity index (χ1v) is 10.5. The van der Waals surface area contributed by atoms with Crippen LogP contribution in [0.1, 0.15) is 49.5 Å². The molecule has 1 aromatic rings. The SMILES string of the molecule is O=C(C1CC1)N1C[C@H](c2nccs2)[C@]2(CCN(CC3CCC3)C2=O)C1. The highest BCUT2D eigenvalue weighted by molar-refractivity contribution is 7.09. The van der Waals surface area contributed by atoms with Gasteiger partial charge in [0.15, 0.2) is 0 Å². The number of thiazole rings is 1. The van der Waals surface area contributed by atoms with Gasteiger partial charge in [0.25, 0.3) is 0 Å². The lowest BCUT2D eigenvalue weighted by Crippen LogP contribution is -2.42. The molecule has 2 aliphatic heterocycles. The second-order valence-electron chi connectivity index (χ2n) is 8.37. The van der Waals surface area contributed by atoms with Crippen LogP contribution in [0.4, 0.5) is 0 Å². The van der Waals surface area contributed by atoms with Crippen molar-refractivity contribution in [3.05, 3.63) is 16.6 Å². The molecular formula is C19H25N3O2S. The van der Waals surface area contributed by atoms with E-state index in [1.807, 2.05) is 16.5 Å². The van der Waals surface area contributed by atoms with Gasteiger partial charge in [0.05, 0.1) is 10.4 Å². The summed E-state index contributed by atoms with van der Waals surface area (Å²) in [5.41, 5.74) is -0.424. The third-order valence-corrected chi connectivity index (χ3v) is 7.66. The van der Waals surface area contributed by atoms with Crippen molar-refractivity contribution in [3.63, 3.8) is 0 Å². The van der Waals surface area contributed by atoms with Gasteiger partial charge >= 0.3 is 0 Å². The molecule has 0 bridgehead atoms. The van der Waals surface area contributed by atoms with Crippen LogP contribution >= 0.6 is 11.3 Å². The molecule has 0 unspecified atom stereocenters. The molecule has 2 saturated carbocycles. The van der Waals surface area contributed by atoms with Crippen LogP contribution in [0, 0.1) is 17.3 Å². The number of hydrogen-bond donors (Lipinski definition) is 0. The van der Waals surface area contributed by atoms with Crippen LogP contribution in [0.2, 0.25) is 0 Å². The molecule has 2 aliphatic carbocycles. The summed E-state index contributed by atoms with van der Waals surface area (Å²) >= 11 is 1.63. The molecule has 1 aromatic heterocycles. The number of nitrogens with zero attached hydrogens (tertiary/aromatic N) is 3. The van der Waals surface area contributed by atoms with Crippen molar-refractivity contribution in [1.82, 2.24) is 14.8 Å². The van der Waals surface area contributed by atoms with Crippen molar-refractivity contribution >= 4 is 23.2 Å². The number of amides is 2. The Labute approximate surface area is 152 Å². The Morgan fingerprint density at radius 2 is 2.16 bits per heavy atom. The quantitative estimate of drug-likeness (QED) is 0.830. The second-order valence-corrected chi connectivity index (χ2v) is 9.30. The summed E-state index contributed by atoms with van der Waals surface area (Å²) in [6, 6.07) is 0. The minimum absolute atomic E-state index is 0.0779. The molecule has 2 saturated heterocycles. The van der Waals surface area contributed by atoms with Crippen molar-refractivity contribution in [1.29, 1.82) is 0 Å². The van der Waals surface area contributed by atoms with Crippen molar-refractivity contribution < 1.29 is 9.59 Å². The Balaban J connectivity index is 1.42. The maximum atomic E-state index is 13.4. The standard InChI is InChI=1S/C19H25N3O2S/c23-17(14-4-5-14)22-11-15(16-20-7-9-25-16)19(12-22)6-8-21(18(19)24)10-13-2-1-3-13/h7,9,13-15H,1-6,8,10-12H2/t15-,19+/m1/s1. The predicted molar refractivity (Wildman–Crippen MR) is 95.1 cm³/mol. The molecular weight excluding hydrogens is 334 g/mol. The Kier molecular flexibility index (Phi) is 3.66. The third-order valence-electron chi connectivity index (χ3n) is 6.78. The highest BCUT2D eigenvalue weighted by atomic mass is 32.1. The molecule has 134 valence electrons. The first kappa shape index (κ1) is 15.8. The lowest BCUT2D eigenvalue weighted by atomic mass is 9.76. The molecule has 0 aromatic carbocycles. The first-order valence-electron chi connectivity index (χ1n) is 9.65. The number of carbonyl (C=O) groups is 2. The molecule has 4 fully saturated rings. The van der Waals surface area contributed by atoms with Crippen molar-refractivity contribution in [3.8, 4) is 0 Å². The van der Waals surface area contributed by atoms with Crippen LogP contribution in [0.15, 0.2) is 11.6 Å². The van der Waals surface area contributed by atoms with E-state index in [1.165, 1.54) is 19.3 Å². The van der Waals surface area contributed by atoms with E-state index in [4.69, 9.17) is 0 Å². The largest absolute Gasteiger partial charge is 0.342 e. The van der Waals surface area contributed by atoms with Crippen LogP contribution in [0.25, 0.3) is 0 Å². The van der Waals surface area contributed by atoms with Crippen molar-refractivity contribution in [2.24, 2.45) is 17.3 Å². The molecule has 1 spiro atoms. The van der Waals surface area contributed by atoms with Crippen LogP contribution in [0.3, 0.4) is 0 Å². The Morgan fingerprint density at radius 3 is 2.80 bits per heavy atom. The lowest BCUT2D eigenvalue weighted by Gasteiger charge is -2.32. The summed E-state index contributed by atoms with van der Waals surface area (Å²) < 4.78 is 0. The topological polar surface area (TPSA) is 53.5 Å². The van der Waals surface area contributed by atoms with Gasteiger partial charge < -0.3 is 9.80 Å². The molecule has 6 heteroatoms. The van der Waals surface area contributed by atoms with E-state index in [2.05, 4.69) is 9.88 Å². The van der Waals surface area contributed by atoms with Crippen LogP contribution in [-0.2, 0) is 9.59 Å². The minimum atomic E-state index is -0.424. The van der Waals surface area contributed by atoms with Crippen molar-refractivity contribution in [2.75, 3.05) is 26.2 Å². The van der Waals surface area contributed by atoms with Gasteiger partial charge in [-0.1, -0.05) is 6.42 Å². The van der Waals surface area contributed by atoms with Gasteiger partial charge in [-0.2, -0.15) is 0 Å². The van der Waals surface area contributed by atoms with E-state index in [9.17, 15) is 9.59 Å². The minimum Gasteiger partial charge on any atom is -0.342 e. The fourth-order valence-corrected chi connectivity index (χ4v) is 5.72. The van der Waals surface area contributed by atoms with Crippen LogP contribution in [-0.4, -0.2) is 52.8 Å². The number of rotatable bonds is 4. The zero-order chi connectivity index (χ0) is 17.0. The van der Waals surface area contributed by atoms with E-state index in [1.54, 1.807) is 11.3 Å². The highest BCUT2D eigenvalue weighted by Gasteiger charge is 2.59. The van der Waals surface area contributed by atoms with Crippen molar-refractivity contribution in [2.45, 2.75) is 44.4 Å². The van der Waals surface area contributed by atoms with E-state index in [0.29, 0.717) is 19.0 Å². The molecule has 0 radical (unpaired) electrons.